The van der Waals surface area contributed by atoms with Crippen LogP contribution in [0.5, 0.6) is 11.5 Å². The molecule has 0 saturated carbocycles. The number of benzene rings is 1. The summed E-state index contributed by atoms with van der Waals surface area (Å²) in [6.45, 7) is -2.87. The van der Waals surface area contributed by atoms with Crippen LogP contribution in [-0.2, 0) is 0 Å². The van der Waals surface area contributed by atoms with Gasteiger partial charge in [-0.05, 0) is 30.4 Å². The van der Waals surface area contributed by atoms with Crippen molar-refractivity contribution in [1.82, 2.24) is 10.9 Å². The third kappa shape index (κ3) is 2.71. The predicted octanol–water partition coefficient (Wildman–Crippen LogP) is 2.26. The summed E-state index contributed by atoms with van der Waals surface area (Å²) in [5, 5.41) is 0. The Kier molecular flexibility index (Phi) is 3.66. The number of methoxy groups -OCH3 is 1. The molecule has 0 saturated heterocycles. The zero-order valence-electron chi connectivity index (χ0n) is 9.61. The smallest absolute Gasteiger partial charge is 0.387 e. The molecule has 0 fully saturated rings. The van der Waals surface area contributed by atoms with E-state index < -0.39 is 6.61 Å². The molecule has 96 valence electrons. The Morgan fingerprint density at radius 3 is 2.67 bits per heavy atom. The van der Waals surface area contributed by atoms with Crippen molar-refractivity contribution in [3.8, 4) is 11.5 Å². The van der Waals surface area contributed by atoms with Gasteiger partial charge in [-0.2, -0.15) is 8.78 Å². The van der Waals surface area contributed by atoms with Crippen molar-refractivity contribution in [1.29, 1.82) is 0 Å². The maximum atomic E-state index is 12.2. The first-order valence-corrected chi connectivity index (χ1v) is 5.22. The molecule has 0 amide bonds. The molecule has 1 aliphatic heterocycles. The van der Waals surface area contributed by atoms with Crippen molar-refractivity contribution in [2.24, 2.45) is 0 Å². The largest absolute Gasteiger partial charge is 0.493 e. The van der Waals surface area contributed by atoms with Gasteiger partial charge < -0.3 is 20.3 Å². The van der Waals surface area contributed by atoms with Crippen LogP contribution in [0.1, 0.15) is 5.56 Å². The number of nitrogens with one attached hydrogen (secondary N) is 2. The van der Waals surface area contributed by atoms with Gasteiger partial charge in [-0.3, -0.25) is 0 Å². The van der Waals surface area contributed by atoms with Crippen LogP contribution in [0.3, 0.4) is 0 Å². The molecule has 0 spiro atoms. The van der Waals surface area contributed by atoms with Crippen molar-refractivity contribution in [2.75, 3.05) is 7.11 Å². The minimum atomic E-state index is -2.87. The van der Waals surface area contributed by atoms with Gasteiger partial charge in [0.15, 0.2) is 11.5 Å². The third-order valence-corrected chi connectivity index (χ3v) is 2.34. The maximum absolute atomic E-state index is 12.2. The lowest BCUT2D eigenvalue weighted by atomic mass is 10.1. The average molecular weight is 254 g/mol. The van der Waals surface area contributed by atoms with Crippen LogP contribution < -0.4 is 20.3 Å². The molecule has 1 heterocycles. The van der Waals surface area contributed by atoms with Crippen LogP contribution in [-0.4, -0.2) is 13.7 Å². The predicted molar refractivity (Wildman–Crippen MR) is 63.0 cm³/mol. The van der Waals surface area contributed by atoms with E-state index in [2.05, 4.69) is 15.6 Å². The summed E-state index contributed by atoms with van der Waals surface area (Å²) in [7, 11) is 1.40. The summed E-state index contributed by atoms with van der Waals surface area (Å²) in [5.74, 6) is 0.265. The van der Waals surface area contributed by atoms with E-state index >= 15 is 0 Å². The van der Waals surface area contributed by atoms with Gasteiger partial charge in [-0.1, -0.05) is 0 Å². The van der Waals surface area contributed by atoms with Gasteiger partial charge in [0.2, 0.25) is 0 Å². The molecule has 0 bridgehead atoms. The standard InChI is InChI=1S/C12H12F2N2O2/c1-17-11-7-8(9-3-2-6-15-16-9)4-5-10(11)18-12(13)14/h2-7,12,15-16H,1H3. The molecular weight excluding hydrogens is 242 g/mol. The highest BCUT2D eigenvalue weighted by atomic mass is 19.3. The number of rotatable bonds is 4. The van der Waals surface area contributed by atoms with E-state index in [0.717, 1.165) is 11.3 Å². The Balaban J connectivity index is 2.29. The Hall–Kier alpha value is -2.24. The van der Waals surface area contributed by atoms with Crippen LogP contribution in [0.25, 0.3) is 5.70 Å². The molecule has 4 nitrogen and oxygen atoms in total. The molecule has 0 unspecified atom stereocenters. The summed E-state index contributed by atoms with van der Waals surface area (Å²) >= 11 is 0. The molecule has 0 aliphatic carbocycles. The zero-order chi connectivity index (χ0) is 13.0. The number of ether oxygens (including phenoxy) is 2. The van der Waals surface area contributed by atoms with Gasteiger partial charge in [0.25, 0.3) is 0 Å². The van der Waals surface area contributed by atoms with E-state index in [1.165, 1.54) is 13.2 Å². The van der Waals surface area contributed by atoms with E-state index in [0.29, 0.717) is 0 Å². The Morgan fingerprint density at radius 1 is 1.22 bits per heavy atom. The lowest BCUT2D eigenvalue weighted by Crippen LogP contribution is -2.26. The first-order valence-electron chi connectivity index (χ1n) is 5.22. The molecule has 2 N–H and O–H groups in total. The van der Waals surface area contributed by atoms with E-state index in [4.69, 9.17) is 4.74 Å². The number of allylic oxidation sites excluding steroid dienone is 2. The number of halogens is 2. The molecule has 18 heavy (non-hydrogen) atoms. The summed E-state index contributed by atoms with van der Waals surface area (Å²) in [6.07, 6.45) is 5.40. The molecule has 1 aliphatic rings. The molecule has 6 heteroatoms. The van der Waals surface area contributed by atoms with E-state index in [9.17, 15) is 8.78 Å². The van der Waals surface area contributed by atoms with Gasteiger partial charge >= 0.3 is 6.61 Å². The number of hydrogen-bond acceptors (Lipinski definition) is 4. The lowest BCUT2D eigenvalue weighted by molar-refractivity contribution is -0.0512. The van der Waals surface area contributed by atoms with Crippen LogP contribution in [0.2, 0.25) is 0 Å². The number of hydrogen-bond donors (Lipinski definition) is 2. The average Bonchev–Trinajstić information content (AvgIpc) is 2.39. The lowest BCUT2D eigenvalue weighted by Gasteiger charge is -2.16. The monoisotopic (exact) mass is 254 g/mol. The van der Waals surface area contributed by atoms with Gasteiger partial charge in [-0.25, -0.2) is 0 Å². The number of alkyl halides is 2. The highest BCUT2D eigenvalue weighted by molar-refractivity contribution is 5.68. The summed E-state index contributed by atoms with van der Waals surface area (Å²) in [5.41, 5.74) is 7.36. The second kappa shape index (κ2) is 5.39. The number of hydrazine groups is 1. The van der Waals surface area contributed by atoms with E-state index in [1.807, 2.05) is 12.2 Å². The quantitative estimate of drug-likeness (QED) is 0.865. The molecule has 0 radical (unpaired) electrons. The Bertz CT molecular complexity index is 487. The normalized spacial score (nSPS) is 13.7. The fraction of sp³-hybridized carbons (Fsp3) is 0.167. The van der Waals surface area contributed by atoms with Crippen LogP contribution >= 0.6 is 0 Å². The van der Waals surface area contributed by atoms with E-state index in [1.54, 1.807) is 18.3 Å². The van der Waals surface area contributed by atoms with Gasteiger partial charge in [0.05, 0.1) is 12.8 Å². The van der Waals surface area contributed by atoms with Crippen molar-refractivity contribution in [3.05, 3.63) is 42.1 Å². The summed E-state index contributed by atoms with van der Waals surface area (Å²) in [6, 6.07) is 4.73. The van der Waals surface area contributed by atoms with Crippen LogP contribution in [0.15, 0.2) is 36.6 Å². The van der Waals surface area contributed by atoms with Crippen molar-refractivity contribution < 1.29 is 18.3 Å². The fourth-order valence-electron chi connectivity index (χ4n) is 1.55. The molecule has 0 aromatic heterocycles. The third-order valence-electron chi connectivity index (χ3n) is 2.34. The first-order chi connectivity index (χ1) is 8.70. The topological polar surface area (TPSA) is 42.5 Å². The van der Waals surface area contributed by atoms with Crippen molar-refractivity contribution >= 4 is 5.70 Å². The highest BCUT2D eigenvalue weighted by Crippen LogP contribution is 2.31. The van der Waals surface area contributed by atoms with Crippen LogP contribution in [0, 0.1) is 0 Å². The van der Waals surface area contributed by atoms with Crippen molar-refractivity contribution in [3.63, 3.8) is 0 Å². The zero-order valence-corrected chi connectivity index (χ0v) is 9.61. The minimum Gasteiger partial charge on any atom is -0.493 e. The minimum absolute atomic E-state index is 0.0103. The van der Waals surface area contributed by atoms with Crippen LogP contribution in [0.4, 0.5) is 8.78 Å². The van der Waals surface area contributed by atoms with E-state index in [-0.39, 0.29) is 11.5 Å². The summed E-state index contributed by atoms with van der Waals surface area (Å²) in [4.78, 5) is 0. The Morgan fingerprint density at radius 2 is 2.06 bits per heavy atom. The highest BCUT2D eigenvalue weighted by Gasteiger charge is 2.12. The molecule has 1 aromatic rings. The fourth-order valence-corrected chi connectivity index (χ4v) is 1.55. The molecule has 0 atom stereocenters. The molecule has 1 aromatic carbocycles. The van der Waals surface area contributed by atoms with Gasteiger partial charge in [0.1, 0.15) is 0 Å². The SMILES string of the molecule is COc1cc(C2=CC=CNN2)ccc1OC(F)F. The summed E-state index contributed by atoms with van der Waals surface area (Å²) < 4.78 is 33.7. The van der Waals surface area contributed by atoms with Gasteiger partial charge in [-0.15, -0.1) is 0 Å². The van der Waals surface area contributed by atoms with Crippen molar-refractivity contribution in [2.45, 2.75) is 6.61 Å². The molecular formula is C12H12F2N2O2. The first kappa shape index (κ1) is 12.2. The maximum Gasteiger partial charge on any atom is 0.387 e. The molecule has 2 rings (SSSR count). The second-order valence-electron chi connectivity index (χ2n) is 3.45. The van der Waals surface area contributed by atoms with Gasteiger partial charge in [0, 0.05) is 11.8 Å². The second-order valence-corrected chi connectivity index (χ2v) is 3.45. The Labute approximate surface area is 103 Å².